The molecule has 0 spiro atoms. The molecule has 0 saturated heterocycles. The number of hydrogen-bond donors (Lipinski definition) is 0. The monoisotopic (exact) mass is 790 g/mol. The fraction of sp³-hybridized carbons (Fsp3) is 0. The third-order valence-corrected chi connectivity index (χ3v) is 15.1. The number of benzene rings is 11. The second-order valence-corrected chi connectivity index (χ2v) is 18.1. The lowest BCUT2D eigenvalue weighted by Crippen LogP contribution is -2.23. The smallest absolute Gasteiger partial charge is 0.000719 e. The molecule has 0 saturated carbocycles. The van der Waals surface area contributed by atoms with Crippen LogP contribution in [-0.4, -0.2) is 0 Å². The first-order chi connectivity index (χ1) is 30.3. The Labute approximate surface area is 357 Å². The molecule has 0 bridgehead atoms. The number of fused-ring (bicyclic) bond motifs is 6. The van der Waals surface area contributed by atoms with Crippen molar-refractivity contribution in [2.24, 2.45) is 0 Å². The minimum absolute atomic E-state index is 1.00. The average Bonchev–Trinajstić information content (AvgIpc) is 3.66. The van der Waals surface area contributed by atoms with E-state index in [1.54, 1.807) is 0 Å². The minimum atomic E-state index is -1.00. The van der Waals surface area contributed by atoms with Gasteiger partial charge in [0.1, 0.15) is 0 Å². The highest BCUT2D eigenvalue weighted by Gasteiger charge is 2.32. The van der Waals surface area contributed by atoms with E-state index in [0.717, 1.165) is 0 Å². The van der Waals surface area contributed by atoms with Gasteiger partial charge in [0.2, 0.25) is 0 Å². The lowest BCUT2D eigenvalue weighted by atomic mass is 9.82. The van der Waals surface area contributed by atoms with Gasteiger partial charge >= 0.3 is 0 Å². The Morgan fingerprint density at radius 2 is 0.672 bits per heavy atom. The molecule has 0 atom stereocenters. The molecule has 11 aromatic rings. The normalized spacial score (nSPS) is 11.8. The predicted octanol–water partition coefficient (Wildman–Crippen LogP) is 15.2. The van der Waals surface area contributed by atoms with Gasteiger partial charge in [0.15, 0.2) is 0 Å². The summed E-state index contributed by atoms with van der Waals surface area (Å²) in [6, 6.07) is 87.9. The number of rotatable bonds is 7. The van der Waals surface area contributed by atoms with Gasteiger partial charge in [-0.1, -0.05) is 224 Å². The lowest BCUT2D eigenvalue weighted by molar-refractivity contribution is 1.62. The zero-order chi connectivity index (χ0) is 40.3. The summed E-state index contributed by atoms with van der Waals surface area (Å²) in [6.45, 7) is 0. The van der Waals surface area contributed by atoms with Crippen molar-refractivity contribution in [3.63, 3.8) is 0 Å². The summed E-state index contributed by atoms with van der Waals surface area (Å²) in [5, 5.41) is 11.8. The Morgan fingerprint density at radius 1 is 0.246 bits per heavy atom. The van der Waals surface area contributed by atoms with Crippen LogP contribution in [0.1, 0.15) is 0 Å². The second kappa shape index (κ2) is 14.7. The van der Waals surface area contributed by atoms with Crippen molar-refractivity contribution in [2.45, 2.75) is 0 Å². The van der Waals surface area contributed by atoms with E-state index in [1.165, 1.54) is 115 Å². The van der Waals surface area contributed by atoms with Gasteiger partial charge in [0.25, 0.3) is 0 Å². The van der Waals surface area contributed by atoms with Crippen molar-refractivity contribution in [3.05, 3.63) is 237 Å². The van der Waals surface area contributed by atoms with Gasteiger partial charge in [-0.15, -0.1) is 0 Å². The van der Waals surface area contributed by atoms with Gasteiger partial charge < -0.3 is 0 Å². The summed E-state index contributed by atoms with van der Waals surface area (Å²) < 4.78 is 0. The molecular formula is C60H39P. The molecule has 0 fully saturated rings. The molecule has 61 heavy (non-hydrogen) atoms. The summed E-state index contributed by atoms with van der Waals surface area (Å²) in [7, 11) is -1.00. The SMILES string of the molecule is c1ccc(-c2ccccc2P(c2ccc3cc4c5c(cccc5c3c2)-c2c-4c(-c3ccccc3)c3ccccc3c2-c2ccccc2)c2ccccc2-c2ccccc2)cc1. The van der Waals surface area contributed by atoms with Crippen LogP contribution in [0.25, 0.3) is 99.1 Å². The van der Waals surface area contributed by atoms with E-state index in [1.807, 2.05) is 0 Å². The third kappa shape index (κ3) is 5.79. The van der Waals surface area contributed by atoms with Crippen molar-refractivity contribution in [3.8, 4) is 66.8 Å². The molecule has 0 N–H and O–H groups in total. The summed E-state index contributed by atoms with van der Waals surface area (Å²) in [4.78, 5) is 0. The molecule has 0 heterocycles. The Bertz CT molecular complexity index is 3360. The van der Waals surface area contributed by atoms with Crippen LogP contribution in [0.2, 0.25) is 0 Å². The highest BCUT2D eigenvalue weighted by atomic mass is 31.1. The van der Waals surface area contributed by atoms with Crippen LogP contribution >= 0.6 is 7.92 Å². The molecule has 0 aliphatic heterocycles. The van der Waals surface area contributed by atoms with E-state index in [9.17, 15) is 0 Å². The van der Waals surface area contributed by atoms with E-state index in [0.29, 0.717) is 0 Å². The largest absolute Gasteiger partial charge is 0.0622 e. The minimum Gasteiger partial charge on any atom is -0.0622 e. The van der Waals surface area contributed by atoms with Gasteiger partial charge in [-0.25, -0.2) is 0 Å². The van der Waals surface area contributed by atoms with Gasteiger partial charge in [-0.05, 0) is 135 Å². The maximum Gasteiger partial charge on any atom is -0.000719 e. The molecule has 0 aromatic heterocycles. The first kappa shape index (κ1) is 35.6. The molecular weight excluding hydrogens is 752 g/mol. The molecule has 284 valence electrons. The molecule has 12 rings (SSSR count). The van der Waals surface area contributed by atoms with Gasteiger partial charge in [0, 0.05) is 0 Å². The molecule has 11 aromatic carbocycles. The van der Waals surface area contributed by atoms with Crippen LogP contribution in [0.3, 0.4) is 0 Å². The average molecular weight is 791 g/mol. The van der Waals surface area contributed by atoms with Crippen molar-refractivity contribution < 1.29 is 0 Å². The van der Waals surface area contributed by atoms with Gasteiger partial charge in [0.05, 0.1) is 0 Å². The summed E-state index contributed by atoms with van der Waals surface area (Å²) in [6.07, 6.45) is 0. The Morgan fingerprint density at radius 3 is 1.21 bits per heavy atom. The molecule has 0 radical (unpaired) electrons. The zero-order valence-electron chi connectivity index (χ0n) is 33.5. The molecule has 1 aliphatic carbocycles. The van der Waals surface area contributed by atoms with E-state index < -0.39 is 7.92 Å². The summed E-state index contributed by atoms with van der Waals surface area (Å²) in [5.74, 6) is 0. The van der Waals surface area contributed by atoms with E-state index in [-0.39, 0.29) is 0 Å². The van der Waals surface area contributed by atoms with Crippen molar-refractivity contribution in [1.29, 1.82) is 0 Å². The first-order valence-electron chi connectivity index (χ1n) is 21.1. The third-order valence-electron chi connectivity index (χ3n) is 12.6. The standard InChI is InChI=1S/C60H39P/c1-5-20-40(21-6-1)46-28-15-17-34-54(46)61(55-35-18-16-29-47(55)41-22-7-2-8-23-41)45-37-36-44-38-53-58-50(52(44)39-45)32-19-33-51(58)59-56(42-24-9-3-10-25-42)48-30-13-14-31-49(48)57(60(53)59)43-26-11-4-12-27-43/h1-39H. The van der Waals surface area contributed by atoms with Crippen LogP contribution in [0.15, 0.2) is 237 Å². The fourth-order valence-electron chi connectivity index (χ4n) is 10.00. The fourth-order valence-corrected chi connectivity index (χ4v) is 12.7. The Hall–Kier alpha value is -7.37. The van der Waals surface area contributed by atoms with Gasteiger partial charge in [-0.2, -0.15) is 0 Å². The van der Waals surface area contributed by atoms with Crippen LogP contribution in [0.4, 0.5) is 0 Å². The van der Waals surface area contributed by atoms with E-state index >= 15 is 0 Å². The zero-order valence-corrected chi connectivity index (χ0v) is 34.4. The summed E-state index contributed by atoms with van der Waals surface area (Å²) >= 11 is 0. The van der Waals surface area contributed by atoms with E-state index in [2.05, 4.69) is 237 Å². The highest BCUT2D eigenvalue weighted by Crippen LogP contribution is 2.58. The lowest BCUT2D eigenvalue weighted by Gasteiger charge is -2.25. The van der Waals surface area contributed by atoms with E-state index in [4.69, 9.17) is 0 Å². The maximum absolute atomic E-state index is 2.53. The van der Waals surface area contributed by atoms with Crippen LogP contribution in [-0.2, 0) is 0 Å². The Kier molecular flexibility index (Phi) is 8.58. The van der Waals surface area contributed by atoms with Gasteiger partial charge in [-0.3, -0.25) is 0 Å². The molecule has 0 nitrogen and oxygen atoms in total. The molecule has 1 heteroatoms. The molecule has 1 aliphatic rings. The van der Waals surface area contributed by atoms with Crippen LogP contribution in [0, 0.1) is 0 Å². The molecule has 0 amide bonds. The number of hydrogen-bond acceptors (Lipinski definition) is 0. The van der Waals surface area contributed by atoms with Crippen LogP contribution in [0.5, 0.6) is 0 Å². The van der Waals surface area contributed by atoms with Crippen molar-refractivity contribution in [1.82, 2.24) is 0 Å². The first-order valence-corrected chi connectivity index (χ1v) is 22.4. The second-order valence-electron chi connectivity index (χ2n) is 15.9. The maximum atomic E-state index is 2.53. The molecule has 0 unspecified atom stereocenters. The topological polar surface area (TPSA) is 0 Å². The quantitative estimate of drug-likeness (QED) is 0.111. The van der Waals surface area contributed by atoms with Crippen LogP contribution < -0.4 is 15.9 Å². The highest BCUT2D eigenvalue weighted by molar-refractivity contribution is 7.80. The van der Waals surface area contributed by atoms with Crippen molar-refractivity contribution >= 4 is 56.2 Å². The summed E-state index contributed by atoms with van der Waals surface area (Å²) in [5.41, 5.74) is 15.4. The van der Waals surface area contributed by atoms with Crippen molar-refractivity contribution in [2.75, 3.05) is 0 Å². The Balaban J connectivity index is 1.16. The predicted molar refractivity (Wildman–Crippen MR) is 264 cm³/mol.